The summed E-state index contributed by atoms with van der Waals surface area (Å²) in [7, 11) is 3.47. The van der Waals surface area contributed by atoms with Crippen LogP contribution in [0.1, 0.15) is 13.3 Å². The Morgan fingerprint density at radius 2 is 2.08 bits per heavy atom. The first-order chi connectivity index (χ1) is 6.13. The molecule has 0 spiro atoms. The van der Waals surface area contributed by atoms with Gasteiger partial charge in [-0.3, -0.25) is 4.90 Å². The van der Waals surface area contributed by atoms with E-state index in [1.165, 1.54) is 0 Å². The maximum absolute atomic E-state index is 11.5. The van der Waals surface area contributed by atoms with Crippen molar-refractivity contribution in [3.63, 3.8) is 0 Å². The number of rotatable bonds is 4. The standard InChI is InChI=1S/C10H18N2O/c1-5-7-9-12(8-6-2)10(13)11(3)4/h6-7,9H,2,5,8H2,1,3-4H3/b9-7+. The van der Waals surface area contributed by atoms with Gasteiger partial charge in [0.1, 0.15) is 0 Å². The zero-order valence-electron chi connectivity index (χ0n) is 8.66. The Labute approximate surface area is 80.3 Å². The van der Waals surface area contributed by atoms with Gasteiger partial charge in [0.25, 0.3) is 0 Å². The molecule has 0 fully saturated rings. The summed E-state index contributed by atoms with van der Waals surface area (Å²) in [4.78, 5) is 14.7. The molecular weight excluding hydrogens is 164 g/mol. The maximum atomic E-state index is 11.5. The predicted octanol–water partition coefficient (Wildman–Crippen LogP) is 2.08. The first-order valence-corrected chi connectivity index (χ1v) is 4.39. The van der Waals surface area contributed by atoms with E-state index in [2.05, 4.69) is 6.58 Å². The van der Waals surface area contributed by atoms with Crippen molar-refractivity contribution in [2.45, 2.75) is 13.3 Å². The Balaban J connectivity index is 4.31. The van der Waals surface area contributed by atoms with E-state index in [0.29, 0.717) is 6.54 Å². The summed E-state index contributed by atoms with van der Waals surface area (Å²) in [6.07, 6.45) is 6.38. The Morgan fingerprint density at radius 3 is 2.46 bits per heavy atom. The molecule has 13 heavy (non-hydrogen) atoms. The van der Waals surface area contributed by atoms with Gasteiger partial charge in [0.05, 0.1) is 0 Å². The zero-order chi connectivity index (χ0) is 10.3. The number of allylic oxidation sites excluding steroid dienone is 1. The zero-order valence-corrected chi connectivity index (χ0v) is 8.66. The number of hydrogen-bond donors (Lipinski definition) is 0. The molecule has 3 nitrogen and oxygen atoms in total. The second-order valence-electron chi connectivity index (χ2n) is 2.91. The van der Waals surface area contributed by atoms with Gasteiger partial charge < -0.3 is 4.90 Å². The fraction of sp³-hybridized carbons (Fsp3) is 0.500. The van der Waals surface area contributed by atoms with Gasteiger partial charge in [0.15, 0.2) is 0 Å². The number of amides is 2. The summed E-state index contributed by atoms with van der Waals surface area (Å²) in [5.41, 5.74) is 0. The number of nitrogens with zero attached hydrogens (tertiary/aromatic N) is 2. The lowest BCUT2D eigenvalue weighted by Crippen LogP contribution is -2.35. The number of hydrogen-bond acceptors (Lipinski definition) is 1. The van der Waals surface area contributed by atoms with E-state index in [9.17, 15) is 4.79 Å². The number of urea groups is 1. The summed E-state index contributed by atoms with van der Waals surface area (Å²) >= 11 is 0. The number of carbonyl (C=O) groups is 1. The summed E-state index contributed by atoms with van der Waals surface area (Å²) in [6.45, 7) is 6.18. The third kappa shape index (κ3) is 4.35. The first kappa shape index (κ1) is 11.8. The lowest BCUT2D eigenvalue weighted by molar-refractivity contribution is 0.192. The summed E-state index contributed by atoms with van der Waals surface area (Å²) in [6, 6.07) is -0.0235. The minimum atomic E-state index is -0.0235. The summed E-state index contributed by atoms with van der Waals surface area (Å²) < 4.78 is 0. The molecule has 3 heteroatoms. The average molecular weight is 182 g/mol. The molecule has 0 aromatic rings. The highest BCUT2D eigenvalue weighted by molar-refractivity contribution is 5.75. The molecule has 0 N–H and O–H groups in total. The van der Waals surface area contributed by atoms with Crippen LogP contribution in [0.25, 0.3) is 0 Å². The van der Waals surface area contributed by atoms with E-state index in [0.717, 1.165) is 6.42 Å². The fourth-order valence-corrected chi connectivity index (χ4v) is 0.831. The van der Waals surface area contributed by atoms with Crippen LogP contribution in [-0.4, -0.2) is 36.5 Å². The number of carbonyl (C=O) groups excluding carboxylic acids is 1. The van der Waals surface area contributed by atoms with Crippen molar-refractivity contribution >= 4 is 6.03 Å². The quantitative estimate of drug-likeness (QED) is 0.611. The molecule has 0 rings (SSSR count). The average Bonchev–Trinajstić information content (AvgIpc) is 2.11. The highest BCUT2D eigenvalue weighted by Gasteiger charge is 2.09. The van der Waals surface area contributed by atoms with E-state index < -0.39 is 0 Å². The lowest BCUT2D eigenvalue weighted by Gasteiger charge is -2.21. The highest BCUT2D eigenvalue weighted by atomic mass is 16.2. The molecule has 0 aliphatic carbocycles. The largest absolute Gasteiger partial charge is 0.330 e. The third-order valence-corrected chi connectivity index (χ3v) is 1.48. The fourth-order valence-electron chi connectivity index (χ4n) is 0.831. The van der Waals surface area contributed by atoms with E-state index in [4.69, 9.17) is 0 Å². The topological polar surface area (TPSA) is 23.6 Å². The van der Waals surface area contributed by atoms with Crippen LogP contribution in [0.5, 0.6) is 0 Å². The molecule has 2 amide bonds. The molecule has 0 unspecified atom stereocenters. The van der Waals surface area contributed by atoms with Crippen LogP contribution in [0.15, 0.2) is 24.9 Å². The molecular formula is C10H18N2O. The van der Waals surface area contributed by atoms with Gasteiger partial charge >= 0.3 is 6.03 Å². The highest BCUT2D eigenvalue weighted by Crippen LogP contribution is 1.97. The Hall–Kier alpha value is -1.25. The summed E-state index contributed by atoms with van der Waals surface area (Å²) in [5, 5.41) is 0. The monoisotopic (exact) mass is 182 g/mol. The molecule has 0 atom stereocenters. The lowest BCUT2D eigenvalue weighted by atomic mass is 10.4. The van der Waals surface area contributed by atoms with Gasteiger partial charge in [-0.25, -0.2) is 4.79 Å². The second-order valence-corrected chi connectivity index (χ2v) is 2.91. The minimum absolute atomic E-state index is 0.0235. The van der Waals surface area contributed by atoms with Crippen LogP contribution in [0.2, 0.25) is 0 Å². The molecule has 0 aromatic carbocycles. The van der Waals surface area contributed by atoms with Crippen molar-refractivity contribution in [3.8, 4) is 0 Å². The Kier molecular flexibility index (Phi) is 5.68. The smallest absolute Gasteiger partial charge is 0.323 e. The molecule has 0 aliphatic heterocycles. The summed E-state index contributed by atoms with van der Waals surface area (Å²) in [5.74, 6) is 0. The van der Waals surface area contributed by atoms with Crippen LogP contribution in [0.3, 0.4) is 0 Å². The van der Waals surface area contributed by atoms with Crippen LogP contribution in [0, 0.1) is 0 Å². The first-order valence-electron chi connectivity index (χ1n) is 4.39. The van der Waals surface area contributed by atoms with Crippen LogP contribution in [-0.2, 0) is 0 Å². The van der Waals surface area contributed by atoms with Gasteiger partial charge in [0, 0.05) is 26.8 Å². The van der Waals surface area contributed by atoms with Crippen molar-refractivity contribution < 1.29 is 4.79 Å². The minimum Gasteiger partial charge on any atom is -0.330 e. The van der Waals surface area contributed by atoms with E-state index in [1.807, 2.05) is 13.0 Å². The van der Waals surface area contributed by atoms with Crippen molar-refractivity contribution in [3.05, 3.63) is 24.9 Å². The van der Waals surface area contributed by atoms with Crippen molar-refractivity contribution in [2.24, 2.45) is 0 Å². The van der Waals surface area contributed by atoms with Gasteiger partial charge in [-0.2, -0.15) is 0 Å². The van der Waals surface area contributed by atoms with Gasteiger partial charge in [-0.15, -0.1) is 6.58 Å². The Morgan fingerprint density at radius 1 is 1.46 bits per heavy atom. The molecule has 0 saturated heterocycles. The van der Waals surface area contributed by atoms with Crippen molar-refractivity contribution in [1.82, 2.24) is 9.80 Å². The molecule has 0 aliphatic rings. The van der Waals surface area contributed by atoms with Gasteiger partial charge in [-0.1, -0.05) is 19.1 Å². The van der Waals surface area contributed by atoms with Crippen molar-refractivity contribution in [1.29, 1.82) is 0 Å². The Bertz CT molecular complexity index is 197. The third-order valence-electron chi connectivity index (χ3n) is 1.48. The van der Waals surface area contributed by atoms with E-state index >= 15 is 0 Å². The predicted molar refractivity (Wildman–Crippen MR) is 55.4 cm³/mol. The van der Waals surface area contributed by atoms with E-state index in [1.54, 1.807) is 36.2 Å². The van der Waals surface area contributed by atoms with Crippen LogP contribution < -0.4 is 0 Å². The van der Waals surface area contributed by atoms with E-state index in [-0.39, 0.29) is 6.03 Å². The molecule has 0 saturated carbocycles. The molecule has 0 bridgehead atoms. The van der Waals surface area contributed by atoms with Crippen molar-refractivity contribution in [2.75, 3.05) is 20.6 Å². The SMILES string of the molecule is C=CCN(/C=C/CC)C(=O)N(C)C. The molecule has 0 heterocycles. The normalized spacial score (nSPS) is 10.1. The molecule has 74 valence electrons. The second kappa shape index (κ2) is 6.29. The van der Waals surface area contributed by atoms with Gasteiger partial charge in [0.2, 0.25) is 0 Å². The van der Waals surface area contributed by atoms with Crippen LogP contribution >= 0.6 is 0 Å². The molecule has 0 radical (unpaired) electrons. The maximum Gasteiger partial charge on any atom is 0.323 e. The van der Waals surface area contributed by atoms with Gasteiger partial charge in [-0.05, 0) is 6.42 Å². The van der Waals surface area contributed by atoms with Crippen LogP contribution in [0.4, 0.5) is 4.79 Å². The molecule has 0 aromatic heterocycles.